The molecular weight excluding hydrogens is 415 g/mol. The number of aldehydes is 1. The molecule has 29 heavy (non-hydrogen) atoms. The number of nitrogens with zero attached hydrogens (tertiary/aromatic N) is 2. The van der Waals surface area contributed by atoms with Crippen LogP contribution in [-0.4, -0.2) is 36.1 Å². The zero-order valence-electron chi connectivity index (χ0n) is 15.6. The van der Waals surface area contributed by atoms with Gasteiger partial charge in [0.15, 0.2) is 19.0 Å². The Bertz CT molecular complexity index is 903. The molecule has 1 heterocycles. The molecule has 0 fully saturated rings. The maximum absolute atomic E-state index is 13.1. The van der Waals surface area contributed by atoms with Gasteiger partial charge in [-0.3, -0.25) is 4.79 Å². The van der Waals surface area contributed by atoms with E-state index in [4.69, 9.17) is 39.8 Å². The maximum Gasteiger partial charge on any atom is 0.259 e. The first-order chi connectivity index (χ1) is 14.0. The molecule has 2 aromatic rings. The fraction of sp³-hybridized carbons (Fsp3) is 0.286. The van der Waals surface area contributed by atoms with Crippen molar-refractivity contribution in [3.63, 3.8) is 0 Å². The van der Waals surface area contributed by atoms with Crippen LogP contribution in [0.2, 0.25) is 10.0 Å². The molecule has 0 saturated carbocycles. The van der Waals surface area contributed by atoms with E-state index in [9.17, 15) is 14.7 Å². The number of amides is 1. The zero-order chi connectivity index (χ0) is 21.6. The number of aliphatic hydroxyl groups excluding tert-OH is 1. The van der Waals surface area contributed by atoms with E-state index in [0.29, 0.717) is 46.1 Å². The molecule has 0 spiro atoms. The summed E-state index contributed by atoms with van der Waals surface area (Å²) < 4.78 is 5.99. The largest absolute Gasteiger partial charge is 0.382 e. The average Bonchev–Trinajstić information content (AvgIpc) is 2.85. The van der Waals surface area contributed by atoms with Crippen molar-refractivity contribution in [2.24, 2.45) is 0 Å². The van der Waals surface area contributed by atoms with Crippen LogP contribution in [0.4, 0.5) is 5.69 Å². The molecule has 0 aromatic heterocycles. The molecule has 2 aromatic carbocycles. The molecule has 6 nitrogen and oxygen atoms in total. The lowest BCUT2D eigenvalue weighted by atomic mass is 9.99. The summed E-state index contributed by atoms with van der Waals surface area (Å²) in [5.74, 6) is -0.477. The van der Waals surface area contributed by atoms with Crippen LogP contribution in [-0.2, 0) is 14.3 Å². The van der Waals surface area contributed by atoms with Crippen molar-refractivity contribution >= 4 is 41.1 Å². The molecule has 3 unspecified atom stereocenters. The van der Waals surface area contributed by atoms with E-state index in [-0.39, 0.29) is 0 Å². The molecule has 0 aliphatic carbocycles. The van der Waals surface area contributed by atoms with Crippen LogP contribution in [0.1, 0.15) is 30.6 Å². The van der Waals surface area contributed by atoms with Crippen LogP contribution in [0.15, 0.2) is 42.5 Å². The van der Waals surface area contributed by atoms with Gasteiger partial charge in [0, 0.05) is 33.4 Å². The monoisotopic (exact) mass is 433 g/mol. The molecule has 1 amide bonds. The van der Waals surface area contributed by atoms with Crippen molar-refractivity contribution < 1.29 is 19.4 Å². The fourth-order valence-electron chi connectivity index (χ4n) is 3.21. The SMILES string of the molecule is CCCN1C(=O)C(C(O)C=O)OC(c2ccccc2Cl)c2cc(Cl)ccc21.[C]#N. The molecule has 3 rings (SSSR count). The third kappa shape index (κ3) is 4.77. The van der Waals surface area contributed by atoms with Crippen molar-refractivity contribution in [2.75, 3.05) is 11.4 Å². The Morgan fingerprint density at radius 3 is 2.55 bits per heavy atom. The van der Waals surface area contributed by atoms with Crippen molar-refractivity contribution in [1.29, 1.82) is 5.26 Å². The van der Waals surface area contributed by atoms with Crippen molar-refractivity contribution in [3.05, 3.63) is 70.2 Å². The second-order valence-corrected chi connectivity index (χ2v) is 7.12. The van der Waals surface area contributed by atoms with Crippen LogP contribution >= 0.6 is 23.2 Å². The van der Waals surface area contributed by atoms with Gasteiger partial charge in [-0.05, 0) is 30.7 Å². The van der Waals surface area contributed by atoms with Gasteiger partial charge in [0.25, 0.3) is 5.91 Å². The van der Waals surface area contributed by atoms with E-state index in [1.165, 1.54) is 4.90 Å². The highest BCUT2D eigenvalue weighted by molar-refractivity contribution is 6.31. The van der Waals surface area contributed by atoms with E-state index < -0.39 is 24.2 Å². The first kappa shape index (κ1) is 22.9. The number of halogens is 2. The molecule has 1 aliphatic rings. The summed E-state index contributed by atoms with van der Waals surface area (Å²) in [4.78, 5) is 25.8. The van der Waals surface area contributed by atoms with Crippen LogP contribution in [0.5, 0.6) is 0 Å². The molecule has 1 N–H and O–H groups in total. The number of benzene rings is 2. The van der Waals surface area contributed by atoms with Crippen molar-refractivity contribution in [2.45, 2.75) is 31.7 Å². The molecule has 3 atom stereocenters. The zero-order valence-corrected chi connectivity index (χ0v) is 17.1. The van der Waals surface area contributed by atoms with Gasteiger partial charge in [0.2, 0.25) is 0 Å². The number of fused-ring (bicyclic) bond motifs is 1. The number of rotatable bonds is 5. The first-order valence-electron chi connectivity index (χ1n) is 8.84. The number of ether oxygens (including phenoxy) is 1. The standard InChI is InChI=1S/C20H19Cl2NO4.CN/c1-2-9-23-16-8-7-12(21)10-14(16)18(13-5-3-4-6-15(13)22)27-19(20(23)26)17(25)11-24;1-2/h3-8,10-11,17-19,25H,2,9H2,1H3;. The van der Waals surface area contributed by atoms with Crippen molar-refractivity contribution in [3.8, 4) is 0 Å². The molecule has 8 heteroatoms. The Kier molecular flexibility index (Phi) is 8.18. The smallest absolute Gasteiger partial charge is 0.259 e. The van der Waals surface area contributed by atoms with E-state index in [1.807, 2.05) is 6.92 Å². The topological polar surface area (TPSA) is 90.6 Å². The van der Waals surface area contributed by atoms with Crippen molar-refractivity contribution in [1.82, 2.24) is 0 Å². The molecule has 1 radical (unpaired) electrons. The van der Waals surface area contributed by atoms with Crippen LogP contribution in [0, 0.1) is 11.8 Å². The van der Waals surface area contributed by atoms with Gasteiger partial charge < -0.3 is 19.5 Å². The number of anilines is 1. The van der Waals surface area contributed by atoms with Gasteiger partial charge in [0.05, 0.1) is 0 Å². The summed E-state index contributed by atoms with van der Waals surface area (Å²) in [5.41, 5.74) is 1.90. The van der Waals surface area contributed by atoms with Gasteiger partial charge in [-0.25, -0.2) is 0 Å². The predicted molar refractivity (Wildman–Crippen MR) is 109 cm³/mol. The van der Waals surface area contributed by atoms with Crippen LogP contribution < -0.4 is 4.90 Å². The number of carbonyl (C=O) groups excluding carboxylic acids is 2. The number of hydrogen-bond acceptors (Lipinski definition) is 5. The molecule has 151 valence electrons. The lowest BCUT2D eigenvalue weighted by Crippen LogP contribution is -2.46. The van der Waals surface area contributed by atoms with Crippen LogP contribution in [0.25, 0.3) is 0 Å². The Balaban J connectivity index is 0.00000145. The highest BCUT2D eigenvalue weighted by atomic mass is 35.5. The minimum Gasteiger partial charge on any atom is -0.382 e. The Morgan fingerprint density at radius 2 is 1.93 bits per heavy atom. The first-order valence-corrected chi connectivity index (χ1v) is 9.60. The van der Waals surface area contributed by atoms with E-state index in [1.54, 1.807) is 42.5 Å². The van der Waals surface area contributed by atoms with Gasteiger partial charge >= 0.3 is 0 Å². The highest BCUT2D eigenvalue weighted by Crippen LogP contribution is 2.41. The van der Waals surface area contributed by atoms with E-state index in [2.05, 4.69) is 0 Å². The maximum atomic E-state index is 13.1. The Hall–Kier alpha value is -2.43. The summed E-state index contributed by atoms with van der Waals surface area (Å²) in [6.07, 6.45) is -2.71. The highest BCUT2D eigenvalue weighted by Gasteiger charge is 2.40. The third-order valence-electron chi connectivity index (χ3n) is 4.44. The normalized spacial score (nSPS) is 19.4. The second-order valence-electron chi connectivity index (χ2n) is 6.28. The quantitative estimate of drug-likeness (QED) is 0.722. The fourth-order valence-corrected chi connectivity index (χ4v) is 3.63. The Morgan fingerprint density at radius 1 is 1.24 bits per heavy atom. The number of hydrogen-bond donors (Lipinski definition) is 1. The minimum absolute atomic E-state index is 0.305. The average molecular weight is 434 g/mol. The molecule has 0 bridgehead atoms. The summed E-state index contributed by atoms with van der Waals surface area (Å²) in [5, 5.41) is 17.3. The van der Waals surface area contributed by atoms with Gasteiger partial charge in [-0.1, -0.05) is 48.3 Å². The predicted octanol–water partition coefficient (Wildman–Crippen LogP) is 3.88. The van der Waals surface area contributed by atoms with Gasteiger partial charge in [-0.2, -0.15) is 5.26 Å². The van der Waals surface area contributed by atoms with Gasteiger partial charge in [0.1, 0.15) is 12.2 Å². The van der Waals surface area contributed by atoms with E-state index >= 15 is 0 Å². The van der Waals surface area contributed by atoms with Crippen LogP contribution in [0.3, 0.4) is 0 Å². The minimum atomic E-state index is -1.59. The summed E-state index contributed by atoms with van der Waals surface area (Å²) >= 11 is 12.6. The summed E-state index contributed by atoms with van der Waals surface area (Å²) in [6.45, 7) is 7.10. The Labute approximate surface area is 179 Å². The number of aliphatic hydroxyl groups is 1. The summed E-state index contributed by atoms with van der Waals surface area (Å²) in [7, 11) is 0. The second kappa shape index (κ2) is 10.4. The lowest BCUT2D eigenvalue weighted by molar-refractivity contribution is -0.145. The molecule has 1 aliphatic heterocycles. The molecular formula is C21H19Cl2N2O4. The molecule has 0 saturated heterocycles. The van der Waals surface area contributed by atoms with Gasteiger partial charge in [-0.15, -0.1) is 0 Å². The third-order valence-corrected chi connectivity index (χ3v) is 5.02. The lowest BCUT2D eigenvalue weighted by Gasteiger charge is -2.25. The summed E-state index contributed by atoms with van der Waals surface area (Å²) in [6, 6.07) is 12.2. The number of carbonyl (C=O) groups is 2. The van der Waals surface area contributed by atoms with E-state index in [0.717, 1.165) is 0 Å².